The van der Waals surface area contributed by atoms with Crippen LogP contribution in [0.15, 0.2) is 52.9 Å². The maximum Gasteiger partial charge on any atom is 0.206 e. The number of nitrogens with zero attached hydrogens (tertiary/aromatic N) is 2. The van der Waals surface area contributed by atoms with Gasteiger partial charge in [-0.05, 0) is 23.8 Å². The lowest BCUT2D eigenvalue weighted by atomic mass is 10.2. The Bertz CT molecular complexity index is 775. The molecule has 0 amide bonds. The van der Waals surface area contributed by atoms with Crippen molar-refractivity contribution >= 4 is 28.2 Å². The highest BCUT2D eigenvalue weighted by molar-refractivity contribution is 8.00. The van der Waals surface area contributed by atoms with Gasteiger partial charge in [-0.3, -0.25) is 0 Å². The minimum absolute atomic E-state index is 0.240. The van der Waals surface area contributed by atoms with Crippen LogP contribution in [0.1, 0.15) is 11.1 Å². The molecule has 0 saturated heterocycles. The lowest BCUT2D eigenvalue weighted by Crippen LogP contribution is -2.01. The van der Waals surface area contributed by atoms with Gasteiger partial charge in [-0.15, -0.1) is 10.2 Å². The number of hydrogen-bond donors (Lipinski definition) is 1. The molecule has 0 saturated carbocycles. The third-order valence-corrected chi connectivity index (χ3v) is 5.16. The zero-order chi connectivity index (χ0) is 16.1. The summed E-state index contributed by atoms with van der Waals surface area (Å²) in [4.78, 5) is 0. The SMILES string of the molecule is Fc1ccc(CSc2nnc(NCc3ccccc3F)s2)cc1. The van der Waals surface area contributed by atoms with Gasteiger partial charge in [0.25, 0.3) is 0 Å². The maximum atomic E-state index is 13.5. The molecule has 0 bridgehead atoms. The molecule has 0 aliphatic heterocycles. The lowest BCUT2D eigenvalue weighted by Gasteiger charge is -2.02. The zero-order valence-corrected chi connectivity index (χ0v) is 13.6. The molecule has 3 rings (SSSR count). The Hall–Kier alpha value is -1.99. The van der Waals surface area contributed by atoms with Crippen LogP contribution in [-0.2, 0) is 12.3 Å². The van der Waals surface area contributed by atoms with Crippen molar-refractivity contribution < 1.29 is 8.78 Å². The summed E-state index contributed by atoms with van der Waals surface area (Å²) >= 11 is 2.95. The largest absolute Gasteiger partial charge is 0.356 e. The van der Waals surface area contributed by atoms with Crippen molar-refractivity contribution in [2.45, 2.75) is 16.6 Å². The average Bonchev–Trinajstić information content (AvgIpc) is 3.02. The first-order valence-corrected chi connectivity index (χ1v) is 8.69. The Balaban J connectivity index is 1.53. The standard InChI is InChI=1S/C16H13F2N3S2/c17-13-7-5-11(6-8-13)10-22-16-21-20-15(23-16)19-9-12-3-1-2-4-14(12)18/h1-8H,9-10H2,(H,19,20). The second-order valence-corrected chi connectivity index (χ2v) is 6.93. The molecule has 1 N–H and O–H groups in total. The number of aromatic nitrogens is 2. The van der Waals surface area contributed by atoms with E-state index in [1.807, 2.05) is 0 Å². The molecule has 0 unspecified atom stereocenters. The van der Waals surface area contributed by atoms with E-state index >= 15 is 0 Å². The predicted octanol–water partition coefficient (Wildman–Crippen LogP) is 4.72. The first-order valence-electron chi connectivity index (χ1n) is 6.89. The highest BCUT2D eigenvalue weighted by Gasteiger charge is 2.06. The number of thioether (sulfide) groups is 1. The highest BCUT2D eigenvalue weighted by atomic mass is 32.2. The molecule has 118 valence electrons. The van der Waals surface area contributed by atoms with Gasteiger partial charge in [-0.1, -0.05) is 53.4 Å². The summed E-state index contributed by atoms with van der Waals surface area (Å²) < 4.78 is 27.2. The van der Waals surface area contributed by atoms with E-state index in [4.69, 9.17) is 0 Å². The Morgan fingerprint density at radius 1 is 1.00 bits per heavy atom. The van der Waals surface area contributed by atoms with Crippen molar-refractivity contribution in [2.75, 3.05) is 5.32 Å². The van der Waals surface area contributed by atoms with E-state index in [0.29, 0.717) is 23.0 Å². The number of anilines is 1. The molecular formula is C16H13F2N3S2. The number of hydrogen-bond acceptors (Lipinski definition) is 5. The molecule has 1 aromatic heterocycles. The normalized spacial score (nSPS) is 10.7. The van der Waals surface area contributed by atoms with Crippen LogP contribution in [0, 0.1) is 11.6 Å². The lowest BCUT2D eigenvalue weighted by molar-refractivity contribution is 0.613. The van der Waals surface area contributed by atoms with E-state index in [1.54, 1.807) is 30.3 Å². The van der Waals surface area contributed by atoms with E-state index in [2.05, 4.69) is 15.5 Å². The van der Waals surface area contributed by atoms with Crippen LogP contribution in [0.2, 0.25) is 0 Å². The Labute approximate surface area is 140 Å². The van der Waals surface area contributed by atoms with E-state index in [0.717, 1.165) is 9.90 Å². The van der Waals surface area contributed by atoms with Crippen LogP contribution in [0.3, 0.4) is 0 Å². The fraction of sp³-hybridized carbons (Fsp3) is 0.125. The molecule has 0 spiro atoms. The van der Waals surface area contributed by atoms with Crippen LogP contribution < -0.4 is 5.32 Å². The number of nitrogens with one attached hydrogen (secondary N) is 1. The van der Waals surface area contributed by atoms with E-state index in [9.17, 15) is 8.78 Å². The van der Waals surface area contributed by atoms with Crippen molar-refractivity contribution in [1.29, 1.82) is 0 Å². The summed E-state index contributed by atoms with van der Waals surface area (Å²) in [7, 11) is 0. The summed E-state index contributed by atoms with van der Waals surface area (Å²) in [5, 5.41) is 11.8. The molecule has 3 nitrogen and oxygen atoms in total. The second kappa shape index (κ2) is 7.52. The van der Waals surface area contributed by atoms with Gasteiger partial charge in [0.05, 0.1) is 0 Å². The van der Waals surface area contributed by atoms with Crippen LogP contribution in [-0.4, -0.2) is 10.2 Å². The Morgan fingerprint density at radius 2 is 1.78 bits per heavy atom. The molecule has 0 aliphatic rings. The number of benzene rings is 2. The maximum absolute atomic E-state index is 13.5. The summed E-state index contributed by atoms with van der Waals surface area (Å²) in [6.45, 7) is 0.365. The molecule has 1 heterocycles. The molecular weight excluding hydrogens is 336 g/mol. The van der Waals surface area contributed by atoms with Gasteiger partial charge in [-0.25, -0.2) is 8.78 Å². The van der Waals surface area contributed by atoms with Crippen LogP contribution in [0.4, 0.5) is 13.9 Å². The van der Waals surface area contributed by atoms with Crippen LogP contribution >= 0.6 is 23.1 Å². The molecule has 23 heavy (non-hydrogen) atoms. The fourth-order valence-corrected chi connectivity index (χ4v) is 3.58. The van der Waals surface area contributed by atoms with E-state index in [-0.39, 0.29) is 11.6 Å². The van der Waals surface area contributed by atoms with Gasteiger partial charge in [0.1, 0.15) is 11.6 Å². The van der Waals surface area contributed by atoms with Crippen molar-refractivity contribution in [2.24, 2.45) is 0 Å². The van der Waals surface area contributed by atoms with Gasteiger partial charge in [0, 0.05) is 17.9 Å². The van der Waals surface area contributed by atoms with Crippen LogP contribution in [0.25, 0.3) is 0 Å². The van der Waals surface area contributed by atoms with Gasteiger partial charge in [-0.2, -0.15) is 0 Å². The first kappa shape index (κ1) is 15.9. The summed E-state index contributed by atoms with van der Waals surface area (Å²) in [6.07, 6.45) is 0. The van der Waals surface area contributed by atoms with Gasteiger partial charge < -0.3 is 5.32 Å². The van der Waals surface area contributed by atoms with Crippen molar-refractivity contribution in [3.63, 3.8) is 0 Å². The molecule has 0 fully saturated rings. The van der Waals surface area contributed by atoms with E-state index in [1.165, 1.54) is 41.3 Å². The van der Waals surface area contributed by atoms with Gasteiger partial charge >= 0.3 is 0 Å². The molecule has 2 aromatic carbocycles. The highest BCUT2D eigenvalue weighted by Crippen LogP contribution is 2.28. The molecule has 7 heteroatoms. The predicted molar refractivity (Wildman–Crippen MR) is 89.6 cm³/mol. The summed E-state index contributed by atoms with van der Waals surface area (Å²) in [6, 6.07) is 13.0. The molecule has 0 radical (unpaired) electrons. The zero-order valence-electron chi connectivity index (χ0n) is 12.0. The third-order valence-electron chi connectivity index (χ3n) is 3.07. The molecule has 3 aromatic rings. The van der Waals surface area contributed by atoms with Gasteiger partial charge in [0.15, 0.2) is 4.34 Å². The van der Waals surface area contributed by atoms with Crippen molar-refractivity contribution in [1.82, 2.24) is 10.2 Å². The molecule has 0 atom stereocenters. The van der Waals surface area contributed by atoms with Crippen molar-refractivity contribution in [3.05, 3.63) is 71.3 Å². The minimum atomic E-state index is -0.241. The number of halogens is 2. The number of rotatable bonds is 6. The van der Waals surface area contributed by atoms with Crippen LogP contribution in [0.5, 0.6) is 0 Å². The smallest absolute Gasteiger partial charge is 0.206 e. The quantitative estimate of drug-likeness (QED) is 0.654. The monoisotopic (exact) mass is 349 g/mol. The Kier molecular flexibility index (Phi) is 5.19. The third kappa shape index (κ3) is 4.49. The summed E-state index contributed by atoms with van der Waals surface area (Å²) in [5.41, 5.74) is 1.61. The summed E-state index contributed by atoms with van der Waals surface area (Å²) in [5.74, 6) is 0.215. The second-order valence-electron chi connectivity index (χ2n) is 4.73. The van der Waals surface area contributed by atoms with E-state index < -0.39 is 0 Å². The molecule has 0 aliphatic carbocycles. The van der Waals surface area contributed by atoms with Gasteiger partial charge in [0.2, 0.25) is 5.13 Å². The minimum Gasteiger partial charge on any atom is -0.356 e. The first-order chi connectivity index (χ1) is 11.2. The Morgan fingerprint density at radius 3 is 2.57 bits per heavy atom. The van der Waals surface area contributed by atoms with Crippen molar-refractivity contribution in [3.8, 4) is 0 Å². The fourth-order valence-electron chi connectivity index (χ4n) is 1.88. The average molecular weight is 349 g/mol. The topological polar surface area (TPSA) is 37.8 Å².